The number of amides is 2. The molecule has 116 valence electrons. The predicted molar refractivity (Wildman–Crippen MR) is 87.1 cm³/mol. The van der Waals surface area contributed by atoms with Gasteiger partial charge >= 0.3 is 0 Å². The van der Waals surface area contributed by atoms with E-state index in [1.165, 1.54) is 17.6 Å². The lowest BCUT2D eigenvalue weighted by Crippen LogP contribution is -2.14. The van der Waals surface area contributed by atoms with Crippen molar-refractivity contribution in [2.75, 3.05) is 5.32 Å². The highest BCUT2D eigenvalue weighted by Gasteiger charge is 2.18. The highest BCUT2D eigenvalue weighted by Crippen LogP contribution is 2.26. The predicted octanol–water partition coefficient (Wildman–Crippen LogP) is 2.68. The fourth-order valence-electron chi connectivity index (χ4n) is 2.11. The van der Waals surface area contributed by atoms with Crippen LogP contribution in [-0.4, -0.2) is 16.8 Å². The number of rotatable bonds is 5. The Bertz CT molecular complexity index is 839. The van der Waals surface area contributed by atoms with Crippen molar-refractivity contribution >= 4 is 28.3 Å². The van der Waals surface area contributed by atoms with Gasteiger partial charge in [-0.25, -0.2) is 4.98 Å². The average Bonchev–Trinajstić information content (AvgIpc) is 3.17. The Morgan fingerprint density at radius 1 is 1.22 bits per heavy atom. The molecule has 7 heteroatoms. The quantitative estimate of drug-likeness (QED) is 0.752. The number of furan rings is 1. The molecule has 0 atom stereocenters. The van der Waals surface area contributed by atoms with Gasteiger partial charge in [-0.15, -0.1) is 11.3 Å². The Morgan fingerprint density at radius 2 is 2.00 bits per heavy atom. The molecule has 3 rings (SSSR count). The third-order valence-corrected chi connectivity index (χ3v) is 3.89. The molecule has 1 aromatic carbocycles. The van der Waals surface area contributed by atoms with E-state index in [0.29, 0.717) is 16.4 Å². The Balaban J connectivity index is 1.78. The van der Waals surface area contributed by atoms with Gasteiger partial charge in [0.15, 0.2) is 10.9 Å². The van der Waals surface area contributed by atoms with Crippen molar-refractivity contribution in [2.24, 2.45) is 5.73 Å². The van der Waals surface area contributed by atoms with E-state index in [9.17, 15) is 9.59 Å². The van der Waals surface area contributed by atoms with Crippen molar-refractivity contribution in [1.29, 1.82) is 0 Å². The van der Waals surface area contributed by atoms with Gasteiger partial charge < -0.3 is 10.2 Å². The summed E-state index contributed by atoms with van der Waals surface area (Å²) in [6.07, 6.45) is 1.51. The van der Waals surface area contributed by atoms with Crippen molar-refractivity contribution in [3.63, 3.8) is 0 Å². The van der Waals surface area contributed by atoms with Crippen molar-refractivity contribution in [3.8, 4) is 11.1 Å². The van der Waals surface area contributed by atoms with Crippen LogP contribution in [0.25, 0.3) is 11.1 Å². The van der Waals surface area contributed by atoms with Gasteiger partial charge in [0.25, 0.3) is 5.91 Å². The molecule has 0 spiro atoms. The molecule has 0 aliphatic rings. The van der Waals surface area contributed by atoms with E-state index in [1.807, 2.05) is 30.3 Å². The van der Waals surface area contributed by atoms with Gasteiger partial charge in [-0.3, -0.25) is 14.9 Å². The molecule has 2 aromatic heterocycles. The lowest BCUT2D eigenvalue weighted by molar-refractivity contribution is -0.117. The second-order valence-corrected chi connectivity index (χ2v) is 5.63. The standard InChI is InChI=1S/C16H13N3O3S/c17-13(20)8-11-9-23-16(18-11)19-15(21)14-12(6-7-22-14)10-4-2-1-3-5-10/h1-7,9H,8H2,(H2,17,20)(H,18,19,21). The Labute approximate surface area is 136 Å². The summed E-state index contributed by atoms with van der Waals surface area (Å²) in [7, 11) is 0. The van der Waals surface area contributed by atoms with Crippen LogP contribution >= 0.6 is 11.3 Å². The lowest BCUT2D eigenvalue weighted by Gasteiger charge is -2.02. The number of anilines is 1. The van der Waals surface area contributed by atoms with Crippen molar-refractivity contribution in [1.82, 2.24) is 4.98 Å². The van der Waals surface area contributed by atoms with Gasteiger partial charge in [0.1, 0.15) is 0 Å². The van der Waals surface area contributed by atoms with Gasteiger partial charge in [-0.2, -0.15) is 0 Å². The van der Waals surface area contributed by atoms with Crippen LogP contribution in [0.5, 0.6) is 0 Å². The Kier molecular flexibility index (Phi) is 4.20. The zero-order valence-corrected chi connectivity index (χ0v) is 12.8. The minimum Gasteiger partial charge on any atom is -0.459 e. The molecule has 0 aliphatic heterocycles. The first-order valence-corrected chi connectivity index (χ1v) is 7.68. The molecule has 0 aliphatic carbocycles. The van der Waals surface area contributed by atoms with E-state index in [0.717, 1.165) is 5.56 Å². The van der Waals surface area contributed by atoms with Crippen molar-refractivity contribution < 1.29 is 14.0 Å². The molecule has 0 bridgehead atoms. The summed E-state index contributed by atoms with van der Waals surface area (Å²) >= 11 is 1.23. The summed E-state index contributed by atoms with van der Waals surface area (Å²) in [5, 5.41) is 4.74. The Hall–Kier alpha value is -2.93. The normalized spacial score (nSPS) is 10.4. The molecule has 2 heterocycles. The molecule has 23 heavy (non-hydrogen) atoms. The number of aromatic nitrogens is 1. The molecule has 2 amide bonds. The number of hydrogen-bond donors (Lipinski definition) is 2. The minimum atomic E-state index is -0.467. The highest BCUT2D eigenvalue weighted by atomic mass is 32.1. The summed E-state index contributed by atoms with van der Waals surface area (Å²) < 4.78 is 5.32. The summed E-state index contributed by atoms with van der Waals surface area (Å²) in [4.78, 5) is 27.4. The topological polar surface area (TPSA) is 98.2 Å². The van der Waals surface area contributed by atoms with Crippen LogP contribution in [0.3, 0.4) is 0 Å². The third kappa shape index (κ3) is 3.46. The molecular weight excluding hydrogens is 314 g/mol. The fourth-order valence-corrected chi connectivity index (χ4v) is 2.81. The van der Waals surface area contributed by atoms with Crippen LogP contribution in [0.2, 0.25) is 0 Å². The molecule has 0 radical (unpaired) electrons. The van der Waals surface area contributed by atoms with E-state index < -0.39 is 11.8 Å². The van der Waals surface area contributed by atoms with E-state index in [1.54, 1.807) is 11.4 Å². The molecule has 6 nitrogen and oxygen atoms in total. The third-order valence-electron chi connectivity index (χ3n) is 3.08. The monoisotopic (exact) mass is 327 g/mol. The average molecular weight is 327 g/mol. The van der Waals surface area contributed by atoms with Gasteiger partial charge in [0, 0.05) is 10.9 Å². The largest absolute Gasteiger partial charge is 0.459 e. The molecular formula is C16H13N3O3S. The molecule has 0 saturated heterocycles. The van der Waals surface area contributed by atoms with Gasteiger partial charge in [0.2, 0.25) is 5.91 Å². The van der Waals surface area contributed by atoms with E-state index in [2.05, 4.69) is 10.3 Å². The second-order valence-electron chi connectivity index (χ2n) is 4.77. The number of carbonyl (C=O) groups excluding carboxylic acids is 2. The van der Waals surface area contributed by atoms with E-state index in [-0.39, 0.29) is 12.2 Å². The first kappa shape index (κ1) is 15.0. The van der Waals surface area contributed by atoms with Crippen LogP contribution < -0.4 is 11.1 Å². The molecule has 0 unspecified atom stereocenters. The second kappa shape index (κ2) is 6.45. The minimum absolute atomic E-state index is 0.0440. The first-order valence-electron chi connectivity index (χ1n) is 6.80. The van der Waals surface area contributed by atoms with Gasteiger partial charge in [-0.05, 0) is 11.6 Å². The fraction of sp³-hybridized carbons (Fsp3) is 0.0625. The number of hydrogen-bond acceptors (Lipinski definition) is 5. The molecule has 3 aromatic rings. The Morgan fingerprint density at radius 3 is 2.74 bits per heavy atom. The number of thiazole rings is 1. The lowest BCUT2D eigenvalue weighted by atomic mass is 10.1. The number of primary amides is 1. The molecule has 0 fully saturated rings. The number of nitrogens with two attached hydrogens (primary N) is 1. The zero-order chi connectivity index (χ0) is 16.2. The summed E-state index contributed by atoms with van der Waals surface area (Å²) in [5.74, 6) is -0.651. The molecule has 3 N–H and O–H groups in total. The zero-order valence-electron chi connectivity index (χ0n) is 12.0. The van der Waals surface area contributed by atoms with Crippen LogP contribution in [0.15, 0.2) is 52.5 Å². The maximum absolute atomic E-state index is 12.4. The molecule has 0 saturated carbocycles. The maximum Gasteiger partial charge on any atom is 0.293 e. The number of carbonyl (C=O) groups is 2. The van der Waals surface area contributed by atoms with Crippen LogP contribution in [-0.2, 0) is 11.2 Å². The SMILES string of the molecule is NC(=O)Cc1csc(NC(=O)c2occc2-c2ccccc2)n1. The van der Waals surface area contributed by atoms with Crippen LogP contribution in [0, 0.1) is 0 Å². The number of nitrogens with one attached hydrogen (secondary N) is 1. The van der Waals surface area contributed by atoms with Crippen LogP contribution in [0.4, 0.5) is 5.13 Å². The summed E-state index contributed by atoms with van der Waals surface area (Å²) in [5.41, 5.74) is 7.24. The van der Waals surface area contributed by atoms with Crippen LogP contribution in [0.1, 0.15) is 16.2 Å². The van der Waals surface area contributed by atoms with Crippen molar-refractivity contribution in [2.45, 2.75) is 6.42 Å². The van der Waals surface area contributed by atoms with E-state index in [4.69, 9.17) is 10.2 Å². The number of benzene rings is 1. The van der Waals surface area contributed by atoms with Gasteiger partial charge in [-0.1, -0.05) is 30.3 Å². The van der Waals surface area contributed by atoms with E-state index >= 15 is 0 Å². The summed E-state index contributed by atoms with van der Waals surface area (Å²) in [6.45, 7) is 0. The maximum atomic E-state index is 12.4. The smallest absolute Gasteiger partial charge is 0.293 e. The van der Waals surface area contributed by atoms with Crippen molar-refractivity contribution in [3.05, 3.63) is 59.5 Å². The first-order chi connectivity index (χ1) is 11.1. The van der Waals surface area contributed by atoms with Gasteiger partial charge in [0.05, 0.1) is 18.4 Å². The highest BCUT2D eigenvalue weighted by molar-refractivity contribution is 7.14. The summed E-state index contributed by atoms with van der Waals surface area (Å²) in [6, 6.07) is 11.2. The number of nitrogens with zero attached hydrogens (tertiary/aromatic N) is 1.